The van der Waals surface area contributed by atoms with Gasteiger partial charge in [-0.1, -0.05) is 60.6 Å². The van der Waals surface area contributed by atoms with Crippen LogP contribution in [0.25, 0.3) is 0 Å². The van der Waals surface area contributed by atoms with E-state index in [1.165, 1.54) is 5.56 Å². The molecule has 0 heterocycles. The smallest absolute Gasteiger partial charge is 0.211 e. The average molecular weight is 326 g/mol. The normalized spacial score (nSPS) is 12.6. The predicted octanol–water partition coefficient (Wildman–Crippen LogP) is 4.75. The van der Waals surface area contributed by atoms with Crippen LogP contribution in [0.4, 0.5) is 0 Å². The van der Waals surface area contributed by atoms with Gasteiger partial charge in [0.25, 0.3) is 0 Å². The maximum absolute atomic E-state index is 12.8. The van der Waals surface area contributed by atoms with Gasteiger partial charge in [0, 0.05) is 6.54 Å². The molecule has 1 aromatic rings. The maximum Gasteiger partial charge on any atom is 0.241 e. The molecule has 0 saturated heterocycles. The molecule has 3 nitrogen and oxygen atoms in total. The third-order valence-electron chi connectivity index (χ3n) is 3.89. The third-order valence-corrected chi connectivity index (χ3v) is 5.48. The minimum Gasteiger partial charge on any atom is -0.211 e. The van der Waals surface area contributed by atoms with Gasteiger partial charge >= 0.3 is 0 Å². The molecule has 0 fully saturated rings. The van der Waals surface area contributed by atoms with E-state index < -0.39 is 10.0 Å². The Morgan fingerprint density at radius 2 is 1.36 bits per heavy atom. The molecular weight excluding hydrogens is 294 g/mol. The van der Waals surface area contributed by atoms with Gasteiger partial charge in [-0.05, 0) is 40.9 Å². The van der Waals surface area contributed by atoms with Gasteiger partial charge < -0.3 is 0 Å². The fourth-order valence-corrected chi connectivity index (χ4v) is 4.34. The predicted molar refractivity (Wildman–Crippen MR) is 94.2 cm³/mol. The standard InChI is InChI=1S/C18H31NO2S/c1-8-9-19-22(20,21)18-16(13(4)5)10-15(12(2)3)11-17(18)14(6)7/h10-14,19H,8-9H2,1-7H3. The van der Waals surface area contributed by atoms with Gasteiger partial charge in [-0.15, -0.1) is 0 Å². The second-order valence-electron chi connectivity index (χ2n) is 6.89. The minimum absolute atomic E-state index is 0.171. The topological polar surface area (TPSA) is 46.2 Å². The molecule has 0 radical (unpaired) electrons. The first-order valence-corrected chi connectivity index (χ1v) is 9.77. The monoisotopic (exact) mass is 325 g/mol. The second-order valence-corrected chi connectivity index (χ2v) is 8.59. The summed E-state index contributed by atoms with van der Waals surface area (Å²) in [5.41, 5.74) is 3.07. The Morgan fingerprint density at radius 3 is 1.68 bits per heavy atom. The van der Waals surface area contributed by atoms with E-state index in [1.54, 1.807) is 0 Å². The van der Waals surface area contributed by atoms with Crippen LogP contribution in [0.5, 0.6) is 0 Å². The zero-order chi connectivity index (χ0) is 17.1. The minimum atomic E-state index is -3.47. The molecule has 0 saturated carbocycles. The number of nitrogens with one attached hydrogen (secondary N) is 1. The second kappa shape index (κ2) is 7.60. The molecule has 0 aliphatic heterocycles. The van der Waals surface area contributed by atoms with Crippen molar-refractivity contribution in [1.82, 2.24) is 4.72 Å². The Hall–Kier alpha value is -0.870. The number of benzene rings is 1. The summed E-state index contributed by atoms with van der Waals surface area (Å²) in [6.07, 6.45) is 0.789. The average Bonchev–Trinajstić information content (AvgIpc) is 2.43. The van der Waals surface area contributed by atoms with Crippen LogP contribution < -0.4 is 4.72 Å². The van der Waals surface area contributed by atoms with Crippen molar-refractivity contribution in [2.45, 2.75) is 77.5 Å². The van der Waals surface area contributed by atoms with Crippen molar-refractivity contribution in [3.8, 4) is 0 Å². The first kappa shape index (κ1) is 19.2. The first-order valence-electron chi connectivity index (χ1n) is 8.29. The van der Waals surface area contributed by atoms with E-state index in [0.717, 1.165) is 17.5 Å². The number of hydrogen-bond acceptors (Lipinski definition) is 2. The van der Waals surface area contributed by atoms with Crippen LogP contribution in [-0.2, 0) is 10.0 Å². The lowest BCUT2D eigenvalue weighted by atomic mass is 9.89. The zero-order valence-corrected chi connectivity index (χ0v) is 15.8. The lowest BCUT2D eigenvalue weighted by Gasteiger charge is -2.22. The van der Waals surface area contributed by atoms with Crippen molar-refractivity contribution in [3.63, 3.8) is 0 Å². The molecule has 0 spiro atoms. The van der Waals surface area contributed by atoms with Gasteiger partial charge in [-0.3, -0.25) is 0 Å². The highest BCUT2D eigenvalue weighted by molar-refractivity contribution is 7.89. The molecule has 4 heteroatoms. The van der Waals surface area contributed by atoms with E-state index in [2.05, 4.69) is 58.4 Å². The fraction of sp³-hybridized carbons (Fsp3) is 0.667. The summed E-state index contributed by atoms with van der Waals surface area (Å²) < 4.78 is 28.4. The Kier molecular flexibility index (Phi) is 6.63. The summed E-state index contributed by atoms with van der Waals surface area (Å²) in [5.74, 6) is 0.726. The van der Waals surface area contributed by atoms with E-state index >= 15 is 0 Å². The molecule has 0 atom stereocenters. The highest BCUT2D eigenvalue weighted by atomic mass is 32.2. The van der Waals surface area contributed by atoms with Crippen molar-refractivity contribution in [1.29, 1.82) is 0 Å². The van der Waals surface area contributed by atoms with Crippen molar-refractivity contribution in [2.24, 2.45) is 0 Å². The molecule has 0 unspecified atom stereocenters. The van der Waals surface area contributed by atoms with E-state index in [-0.39, 0.29) is 11.8 Å². The molecule has 0 bridgehead atoms. The quantitative estimate of drug-likeness (QED) is 0.786. The van der Waals surface area contributed by atoms with Crippen LogP contribution in [0.3, 0.4) is 0 Å². The molecular formula is C18H31NO2S. The molecule has 22 heavy (non-hydrogen) atoms. The van der Waals surface area contributed by atoms with Crippen LogP contribution in [0.15, 0.2) is 17.0 Å². The Morgan fingerprint density at radius 1 is 0.909 bits per heavy atom. The molecule has 126 valence electrons. The number of sulfonamides is 1. The molecule has 0 aliphatic carbocycles. The lowest BCUT2D eigenvalue weighted by Crippen LogP contribution is -2.27. The Labute approximate surface area is 136 Å². The van der Waals surface area contributed by atoms with Gasteiger partial charge in [-0.25, -0.2) is 13.1 Å². The van der Waals surface area contributed by atoms with Crippen molar-refractivity contribution in [2.75, 3.05) is 6.54 Å². The summed E-state index contributed by atoms with van der Waals surface area (Å²) in [7, 11) is -3.47. The van der Waals surface area contributed by atoms with Gasteiger partial charge in [0.1, 0.15) is 0 Å². The first-order chi connectivity index (χ1) is 10.1. The fourth-order valence-electron chi connectivity index (χ4n) is 2.51. The highest BCUT2D eigenvalue weighted by Gasteiger charge is 2.26. The van der Waals surface area contributed by atoms with E-state index in [0.29, 0.717) is 17.4 Å². The molecule has 1 aromatic carbocycles. The largest absolute Gasteiger partial charge is 0.241 e. The maximum atomic E-state index is 12.8. The van der Waals surface area contributed by atoms with Gasteiger partial charge in [0.2, 0.25) is 10.0 Å². The molecule has 0 aromatic heterocycles. The third kappa shape index (κ3) is 4.32. The zero-order valence-electron chi connectivity index (χ0n) is 15.0. The van der Waals surface area contributed by atoms with Crippen LogP contribution in [-0.4, -0.2) is 15.0 Å². The van der Waals surface area contributed by atoms with Crippen molar-refractivity contribution in [3.05, 3.63) is 28.8 Å². The number of hydrogen-bond donors (Lipinski definition) is 1. The highest BCUT2D eigenvalue weighted by Crippen LogP contribution is 2.34. The van der Waals surface area contributed by atoms with Crippen LogP contribution in [0.2, 0.25) is 0 Å². The summed E-state index contributed by atoms with van der Waals surface area (Å²) in [6, 6.07) is 4.14. The Bertz CT molecular complexity index is 573. The number of rotatable bonds is 7. The van der Waals surface area contributed by atoms with E-state index in [9.17, 15) is 8.42 Å². The van der Waals surface area contributed by atoms with Gasteiger partial charge in [-0.2, -0.15) is 0 Å². The molecule has 0 amide bonds. The van der Waals surface area contributed by atoms with Crippen LogP contribution >= 0.6 is 0 Å². The SMILES string of the molecule is CCCNS(=O)(=O)c1c(C(C)C)cc(C(C)C)cc1C(C)C. The molecule has 1 rings (SSSR count). The molecule has 1 N–H and O–H groups in total. The van der Waals surface area contributed by atoms with Gasteiger partial charge in [0.05, 0.1) is 4.90 Å². The summed E-state index contributed by atoms with van der Waals surface area (Å²) in [5, 5.41) is 0. The summed E-state index contributed by atoms with van der Waals surface area (Å²) in [4.78, 5) is 0.496. The Balaban J connectivity index is 3.65. The summed E-state index contributed by atoms with van der Waals surface area (Å²) >= 11 is 0. The summed E-state index contributed by atoms with van der Waals surface area (Å²) in [6.45, 7) is 15.0. The molecule has 0 aliphatic rings. The van der Waals surface area contributed by atoms with Crippen LogP contribution in [0, 0.1) is 0 Å². The van der Waals surface area contributed by atoms with Crippen molar-refractivity contribution < 1.29 is 8.42 Å². The van der Waals surface area contributed by atoms with Crippen molar-refractivity contribution >= 4 is 10.0 Å². The van der Waals surface area contributed by atoms with Crippen LogP contribution in [0.1, 0.15) is 89.3 Å². The lowest BCUT2D eigenvalue weighted by molar-refractivity contribution is 0.575. The van der Waals surface area contributed by atoms with E-state index in [1.807, 2.05) is 6.92 Å². The van der Waals surface area contributed by atoms with E-state index in [4.69, 9.17) is 0 Å². The van der Waals surface area contributed by atoms with Gasteiger partial charge in [0.15, 0.2) is 0 Å².